The highest BCUT2D eigenvalue weighted by Gasteiger charge is 2.54. The highest BCUT2D eigenvalue weighted by Crippen LogP contribution is 2.39. The minimum Gasteiger partial charge on any atom is -0.392 e. The zero-order chi connectivity index (χ0) is 16.9. The Morgan fingerprint density at radius 3 is 2.78 bits per heavy atom. The number of aliphatic hydroxyl groups is 3. The number of hydrogen-bond donors (Lipinski definition) is 4. The molecular formula is C13H12ClFN4O4. The van der Waals surface area contributed by atoms with Gasteiger partial charge in [-0.3, -0.25) is 0 Å². The van der Waals surface area contributed by atoms with Crippen LogP contribution in [0.3, 0.4) is 0 Å². The van der Waals surface area contributed by atoms with Gasteiger partial charge in [-0.2, -0.15) is 4.98 Å². The summed E-state index contributed by atoms with van der Waals surface area (Å²) in [6, 6.07) is 0. The van der Waals surface area contributed by atoms with Crippen LogP contribution in [0.4, 0.5) is 10.2 Å². The van der Waals surface area contributed by atoms with Gasteiger partial charge in [0.15, 0.2) is 23.3 Å². The van der Waals surface area contributed by atoms with Crippen molar-refractivity contribution in [1.29, 1.82) is 0 Å². The third-order valence-electron chi connectivity index (χ3n) is 3.80. The second-order valence-corrected chi connectivity index (χ2v) is 5.43. The number of terminal acetylenes is 1. The third kappa shape index (κ3) is 2.15. The molecule has 3 rings (SSSR count). The highest BCUT2D eigenvalue weighted by atomic mass is 35.5. The van der Waals surface area contributed by atoms with Crippen molar-refractivity contribution in [2.45, 2.75) is 24.0 Å². The standard InChI is InChI=1S/C13H12ClFN4O4/c1-2-13(4-20)8(22)7(21)11(23-13)19-3-5(15)6-9(16)17-12(14)18-10(6)19/h1,3,7-8,11,20-22H,4H2,(H2,16,17,18)/t7?,8?,11-,13-/m1/s1. The van der Waals surface area contributed by atoms with Gasteiger partial charge >= 0.3 is 0 Å². The molecule has 2 aromatic rings. The molecule has 5 N–H and O–H groups in total. The third-order valence-corrected chi connectivity index (χ3v) is 3.97. The second-order valence-electron chi connectivity index (χ2n) is 5.10. The molecule has 4 atom stereocenters. The molecule has 1 aliphatic rings. The monoisotopic (exact) mass is 342 g/mol. The van der Waals surface area contributed by atoms with Gasteiger partial charge in [0.05, 0.1) is 12.0 Å². The summed E-state index contributed by atoms with van der Waals surface area (Å²) < 4.78 is 20.6. The number of rotatable bonds is 2. The van der Waals surface area contributed by atoms with Crippen molar-refractivity contribution in [1.82, 2.24) is 14.5 Å². The van der Waals surface area contributed by atoms with Gasteiger partial charge < -0.3 is 30.4 Å². The van der Waals surface area contributed by atoms with E-state index in [0.29, 0.717) is 0 Å². The minimum absolute atomic E-state index is 0.0398. The van der Waals surface area contributed by atoms with E-state index in [-0.39, 0.29) is 22.1 Å². The van der Waals surface area contributed by atoms with E-state index in [4.69, 9.17) is 28.5 Å². The van der Waals surface area contributed by atoms with Crippen LogP contribution in [0.15, 0.2) is 6.20 Å². The molecule has 0 saturated carbocycles. The number of aliphatic hydroxyl groups excluding tert-OH is 3. The van der Waals surface area contributed by atoms with Crippen LogP contribution in [0.2, 0.25) is 5.28 Å². The van der Waals surface area contributed by atoms with Crippen LogP contribution >= 0.6 is 11.6 Å². The van der Waals surface area contributed by atoms with Gasteiger partial charge in [0.2, 0.25) is 5.28 Å². The Balaban J connectivity index is 2.17. The molecule has 0 aromatic carbocycles. The van der Waals surface area contributed by atoms with Crippen LogP contribution in [-0.2, 0) is 4.74 Å². The molecule has 0 aliphatic carbocycles. The molecule has 8 nitrogen and oxygen atoms in total. The van der Waals surface area contributed by atoms with Crippen LogP contribution in [0.5, 0.6) is 0 Å². The molecule has 2 aromatic heterocycles. The summed E-state index contributed by atoms with van der Waals surface area (Å²) in [5.41, 5.74) is 3.76. The number of nitrogens with zero attached hydrogens (tertiary/aromatic N) is 3. The summed E-state index contributed by atoms with van der Waals surface area (Å²) in [6.07, 6.45) is 1.83. The Hall–Kier alpha value is -1.96. The number of fused-ring (bicyclic) bond motifs is 1. The number of nitrogens with two attached hydrogens (primary N) is 1. The SMILES string of the molecule is C#C[C@]1(CO)O[C@@H](n2cc(F)c3c(N)nc(Cl)nc32)C(O)C1O. The van der Waals surface area contributed by atoms with E-state index >= 15 is 0 Å². The first-order valence-corrected chi connectivity index (χ1v) is 6.84. The summed E-state index contributed by atoms with van der Waals surface area (Å²) in [6.45, 7) is -0.738. The molecule has 10 heteroatoms. The minimum atomic E-state index is -1.82. The van der Waals surface area contributed by atoms with Crippen molar-refractivity contribution in [3.63, 3.8) is 0 Å². The van der Waals surface area contributed by atoms with Gasteiger partial charge in [-0.05, 0) is 11.6 Å². The van der Waals surface area contributed by atoms with E-state index in [9.17, 15) is 19.7 Å². The van der Waals surface area contributed by atoms with Gasteiger partial charge in [0.1, 0.15) is 18.0 Å². The van der Waals surface area contributed by atoms with Gasteiger partial charge in [-0.25, -0.2) is 9.37 Å². The average Bonchev–Trinajstić information content (AvgIpc) is 2.96. The lowest BCUT2D eigenvalue weighted by molar-refractivity contribution is -0.0910. The fourth-order valence-electron chi connectivity index (χ4n) is 2.60. The largest absolute Gasteiger partial charge is 0.392 e. The van der Waals surface area contributed by atoms with Crippen LogP contribution < -0.4 is 5.73 Å². The van der Waals surface area contributed by atoms with Gasteiger partial charge in [0.25, 0.3) is 0 Å². The molecule has 0 amide bonds. The zero-order valence-electron chi connectivity index (χ0n) is 11.5. The number of aromatic nitrogens is 3. The van der Waals surface area contributed by atoms with E-state index in [1.807, 2.05) is 0 Å². The molecule has 0 radical (unpaired) electrons. The first-order chi connectivity index (χ1) is 10.8. The predicted octanol–water partition coefficient (Wildman–Crippen LogP) is -0.579. The molecule has 0 bridgehead atoms. The maximum absolute atomic E-state index is 14.1. The molecule has 1 aliphatic heterocycles. The Labute approximate surface area is 134 Å². The molecule has 122 valence electrons. The first kappa shape index (κ1) is 15.9. The van der Waals surface area contributed by atoms with Gasteiger partial charge in [0, 0.05) is 6.20 Å². The van der Waals surface area contributed by atoms with E-state index in [1.165, 1.54) is 0 Å². The molecule has 23 heavy (non-hydrogen) atoms. The van der Waals surface area contributed by atoms with Crippen LogP contribution in [0, 0.1) is 18.2 Å². The number of anilines is 1. The second kappa shape index (κ2) is 5.30. The summed E-state index contributed by atoms with van der Waals surface area (Å²) >= 11 is 5.72. The lowest BCUT2D eigenvalue weighted by Gasteiger charge is -2.23. The van der Waals surface area contributed by atoms with Crippen molar-refractivity contribution < 1.29 is 24.4 Å². The number of halogens is 2. The van der Waals surface area contributed by atoms with E-state index in [0.717, 1.165) is 10.8 Å². The van der Waals surface area contributed by atoms with E-state index in [1.54, 1.807) is 0 Å². The smallest absolute Gasteiger partial charge is 0.226 e. The summed E-state index contributed by atoms with van der Waals surface area (Å²) in [4.78, 5) is 7.52. The fourth-order valence-corrected chi connectivity index (χ4v) is 2.77. The number of hydrogen-bond acceptors (Lipinski definition) is 7. The van der Waals surface area contributed by atoms with Crippen molar-refractivity contribution in [3.05, 3.63) is 17.3 Å². The first-order valence-electron chi connectivity index (χ1n) is 6.46. The molecular weight excluding hydrogens is 331 g/mol. The average molecular weight is 343 g/mol. The summed E-state index contributed by atoms with van der Waals surface area (Å²) in [5.74, 6) is 1.16. The Bertz CT molecular complexity index is 822. The van der Waals surface area contributed by atoms with Gasteiger partial charge in [-0.1, -0.05) is 5.92 Å². The maximum Gasteiger partial charge on any atom is 0.226 e. The van der Waals surface area contributed by atoms with Crippen LogP contribution in [-0.4, -0.2) is 54.3 Å². The van der Waals surface area contributed by atoms with Crippen molar-refractivity contribution in [3.8, 4) is 12.3 Å². The van der Waals surface area contributed by atoms with Gasteiger partial charge in [-0.15, -0.1) is 6.42 Å². The van der Waals surface area contributed by atoms with E-state index < -0.39 is 36.5 Å². The lowest BCUT2D eigenvalue weighted by Crippen LogP contribution is -2.44. The predicted molar refractivity (Wildman–Crippen MR) is 77.7 cm³/mol. The number of nitrogen functional groups attached to an aromatic ring is 1. The molecule has 0 spiro atoms. The molecule has 1 fully saturated rings. The van der Waals surface area contributed by atoms with E-state index in [2.05, 4.69) is 15.9 Å². The summed E-state index contributed by atoms with van der Waals surface area (Å²) in [5, 5.41) is 29.3. The maximum atomic E-state index is 14.1. The van der Waals surface area contributed by atoms with Crippen molar-refractivity contribution in [2.75, 3.05) is 12.3 Å². The zero-order valence-corrected chi connectivity index (χ0v) is 12.3. The fraction of sp³-hybridized carbons (Fsp3) is 0.385. The lowest BCUT2D eigenvalue weighted by atomic mass is 9.97. The Morgan fingerprint density at radius 1 is 1.52 bits per heavy atom. The van der Waals surface area contributed by atoms with Crippen molar-refractivity contribution >= 4 is 28.5 Å². The van der Waals surface area contributed by atoms with Crippen LogP contribution in [0.25, 0.3) is 11.0 Å². The molecule has 3 heterocycles. The van der Waals surface area contributed by atoms with Crippen LogP contribution in [0.1, 0.15) is 6.23 Å². The highest BCUT2D eigenvalue weighted by molar-refractivity contribution is 6.28. The molecule has 1 saturated heterocycles. The Kier molecular flexibility index (Phi) is 3.66. The summed E-state index contributed by atoms with van der Waals surface area (Å²) in [7, 11) is 0. The number of ether oxygens (including phenoxy) is 1. The normalized spacial score (nSPS) is 30.7. The topological polar surface area (TPSA) is 127 Å². The molecule has 2 unspecified atom stereocenters. The van der Waals surface area contributed by atoms with Crippen molar-refractivity contribution in [2.24, 2.45) is 0 Å². The quantitative estimate of drug-likeness (QED) is 0.425. The Morgan fingerprint density at radius 2 is 2.22 bits per heavy atom.